The van der Waals surface area contributed by atoms with Gasteiger partial charge >= 0.3 is 5.97 Å². The molecule has 2 aromatic rings. The van der Waals surface area contributed by atoms with Crippen molar-refractivity contribution in [3.63, 3.8) is 0 Å². The summed E-state index contributed by atoms with van der Waals surface area (Å²) in [5, 5.41) is 0. The molecular weight excluding hydrogens is 286 g/mol. The number of allylic oxidation sites excluding steroid dienone is 1. The lowest BCUT2D eigenvalue weighted by atomic mass is 9.86. The van der Waals surface area contributed by atoms with E-state index >= 15 is 0 Å². The number of methoxy groups -OCH3 is 1. The Morgan fingerprint density at radius 3 is 2.64 bits per heavy atom. The Kier molecular flexibility index (Phi) is 3.75. The van der Waals surface area contributed by atoms with Crippen LogP contribution < -0.4 is 0 Å². The number of hydrogen-bond acceptors (Lipinski definition) is 2. The second-order valence-electron chi connectivity index (χ2n) is 5.15. The quantitative estimate of drug-likeness (QED) is 0.780. The smallest absolute Gasteiger partial charge is 0.337 e. The fraction of sp³-hybridized carbons (Fsp3) is 0.167. The van der Waals surface area contributed by atoms with Crippen molar-refractivity contribution in [3.8, 4) is 0 Å². The standard InChI is InChI=1S/C18H14F2O2/c1-22-18(21)13-6-5-11-3-2-4-14(15(11)9-13)12-7-8-16(19)17(20)10-12/h4-10H,2-3H2,1H3. The molecule has 0 saturated heterocycles. The van der Waals surface area contributed by atoms with Crippen molar-refractivity contribution in [2.24, 2.45) is 0 Å². The topological polar surface area (TPSA) is 26.3 Å². The van der Waals surface area contributed by atoms with Crippen LogP contribution >= 0.6 is 0 Å². The predicted molar refractivity (Wildman–Crippen MR) is 79.5 cm³/mol. The Bertz CT molecular complexity index is 779. The molecule has 0 heterocycles. The van der Waals surface area contributed by atoms with Crippen molar-refractivity contribution in [2.75, 3.05) is 7.11 Å². The first kappa shape index (κ1) is 14.4. The van der Waals surface area contributed by atoms with Crippen LogP contribution in [0.15, 0.2) is 42.5 Å². The normalized spacial score (nSPS) is 13.3. The van der Waals surface area contributed by atoms with Crippen LogP contribution in [-0.2, 0) is 11.2 Å². The van der Waals surface area contributed by atoms with Crippen LogP contribution in [-0.4, -0.2) is 13.1 Å². The molecule has 1 aliphatic rings. The van der Waals surface area contributed by atoms with Crippen molar-refractivity contribution in [1.29, 1.82) is 0 Å². The van der Waals surface area contributed by atoms with Crippen LogP contribution in [0.25, 0.3) is 5.57 Å². The second-order valence-corrected chi connectivity index (χ2v) is 5.15. The molecule has 0 radical (unpaired) electrons. The molecule has 2 aromatic carbocycles. The maximum Gasteiger partial charge on any atom is 0.337 e. The van der Waals surface area contributed by atoms with E-state index in [9.17, 15) is 13.6 Å². The van der Waals surface area contributed by atoms with Gasteiger partial charge < -0.3 is 4.74 Å². The molecule has 112 valence electrons. The van der Waals surface area contributed by atoms with Gasteiger partial charge in [0.25, 0.3) is 0 Å². The first-order valence-electron chi connectivity index (χ1n) is 6.97. The van der Waals surface area contributed by atoms with E-state index in [1.165, 1.54) is 13.2 Å². The summed E-state index contributed by atoms with van der Waals surface area (Å²) >= 11 is 0. The number of benzene rings is 2. The third kappa shape index (κ3) is 2.52. The molecule has 1 aliphatic carbocycles. The lowest BCUT2D eigenvalue weighted by Gasteiger charge is -2.19. The maximum absolute atomic E-state index is 13.5. The van der Waals surface area contributed by atoms with Crippen molar-refractivity contribution in [1.82, 2.24) is 0 Å². The van der Waals surface area contributed by atoms with Gasteiger partial charge in [-0.3, -0.25) is 0 Å². The van der Waals surface area contributed by atoms with E-state index in [0.717, 1.165) is 35.6 Å². The van der Waals surface area contributed by atoms with Crippen LogP contribution in [0.3, 0.4) is 0 Å². The SMILES string of the molecule is COC(=O)c1ccc2c(c1)C(c1ccc(F)c(F)c1)=CCC2. The number of aryl methyl sites for hydroxylation is 1. The monoisotopic (exact) mass is 300 g/mol. The van der Waals surface area contributed by atoms with Crippen molar-refractivity contribution in [2.45, 2.75) is 12.8 Å². The molecule has 4 heteroatoms. The number of carbonyl (C=O) groups is 1. The number of rotatable bonds is 2. The zero-order valence-electron chi connectivity index (χ0n) is 12.0. The predicted octanol–water partition coefficient (Wildman–Crippen LogP) is 4.13. The van der Waals surface area contributed by atoms with Gasteiger partial charge in [-0.25, -0.2) is 13.6 Å². The van der Waals surface area contributed by atoms with Gasteiger partial charge in [-0.1, -0.05) is 18.2 Å². The van der Waals surface area contributed by atoms with E-state index in [1.807, 2.05) is 12.1 Å². The van der Waals surface area contributed by atoms with Crippen LogP contribution in [0.1, 0.15) is 33.5 Å². The van der Waals surface area contributed by atoms with Gasteiger partial charge in [0.05, 0.1) is 12.7 Å². The van der Waals surface area contributed by atoms with E-state index in [4.69, 9.17) is 4.74 Å². The van der Waals surface area contributed by atoms with Gasteiger partial charge in [-0.2, -0.15) is 0 Å². The molecule has 0 aromatic heterocycles. The molecule has 3 rings (SSSR count). The molecule has 0 saturated carbocycles. The summed E-state index contributed by atoms with van der Waals surface area (Å²) in [6.45, 7) is 0. The van der Waals surface area contributed by atoms with Crippen molar-refractivity contribution >= 4 is 11.5 Å². The summed E-state index contributed by atoms with van der Waals surface area (Å²) in [5.74, 6) is -2.17. The molecule has 0 atom stereocenters. The highest BCUT2D eigenvalue weighted by atomic mass is 19.2. The van der Waals surface area contributed by atoms with Gasteiger partial charge in [-0.15, -0.1) is 0 Å². The Labute approximate surface area is 127 Å². The minimum Gasteiger partial charge on any atom is -0.465 e. The first-order valence-corrected chi connectivity index (χ1v) is 6.97. The fourth-order valence-electron chi connectivity index (χ4n) is 2.71. The van der Waals surface area contributed by atoms with Crippen LogP contribution in [0.4, 0.5) is 8.78 Å². The largest absolute Gasteiger partial charge is 0.465 e. The van der Waals surface area contributed by atoms with Gasteiger partial charge in [0, 0.05) is 0 Å². The highest BCUT2D eigenvalue weighted by molar-refractivity contribution is 5.92. The summed E-state index contributed by atoms with van der Waals surface area (Å²) in [4.78, 5) is 11.7. The summed E-state index contributed by atoms with van der Waals surface area (Å²) in [5.41, 5.74) is 3.79. The minimum atomic E-state index is -0.880. The van der Waals surface area contributed by atoms with Gasteiger partial charge in [-0.05, 0) is 59.4 Å². The highest BCUT2D eigenvalue weighted by Gasteiger charge is 2.18. The molecule has 0 aliphatic heterocycles. The lowest BCUT2D eigenvalue weighted by Crippen LogP contribution is -2.06. The zero-order chi connectivity index (χ0) is 15.7. The first-order chi connectivity index (χ1) is 10.6. The number of fused-ring (bicyclic) bond motifs is 1. The second kappa shape index (κ2) is 5.72. The molecule has 0 spiro atoms. The van der Waals surface area contributed by atoms with E-state index < -0.39 is 17.6 Å². The average molecular weight is 300 g/mol. The Morgan fingerprint density at radius 2 is 1.91 bits per heavy atom. The molecular formula is C18H14F2O2. The van der Waals surface area contributed by atoms with Crippen molar-refractivity contribution in [3.05, 3.63) is 76.4 Å². The van der Waals surface area contributed by atoms with E-state index in [0.29, 0.717) is 11.1 Å². The Hall–Kier alpha value is -2.49. The van der Waals surface area contributed by atoms with E-state index in [-0.39, 0.29) is 0 Å². The fourth-order valence-corrected chi connectivity index (χ4v) is 2.71. The number of ether oxygens (including phenoxy) is 1. The number of halogens is 2. The highest BCUT2D eigenvalue weighted by Crippen LogP contribution is 2.33. The molecule has 22 heavy (non-hydrogen) atoms. The van der Waals surface area contributed by atoms with Gasteiger partial charge in [0.2, 0.25) is 0 Å². The summed E-state index contributed by atoms with van der Waals surface area (Å²) in [6.07, 6.45) is 3.65. The van der Waals surface area contributed by atoms with E-state index in [2.05, 4.69) is 0 Å². The molecule has 0 unspecified atom stereocenters. The molecule has 0 N–H and O–H groups in total. The molecule has 0 amide bonds. The number of esters is 1. The third-order valence-electron chi connectivity index (χ3n) is 3.81. The number of hydrogen-bond donors (Lipinski definition) is 0. The molecule has 0 bridgehead atoms. The minimum absolute atomic E-state index is 0.419. The number of carbonyl (C=O) groups excluding carboxylic acids is 1. The van der Waals surface area contributed by atoms with Gasteiger partial charge in [0.1, 0.15) is 0 Å². The molecule has 2 nitrogen and oxygen atoms in total. The zero-order valence-corrected chi connectivity index (χ0v) is 12.0. The Morgan fingerprint density at radius 1 is 1.09 bits per heavy atom. The Balaban J connectivity index is 2.10. The van der Waals surface area contributed by atoms with E-state index in [1.54, 1.807) is 18.2 Å². The van der Waals surface area contributed by atoms with Crippen LogP contribution in [0, 0.1) is 11.6 Å². The van der Waals surface area contributed by atoms with Gasteiger partial charge in [0.15, 0.2) is 11.6 Å². The average Bonchev–Trinajstić information content (AvgIpc) is 2.55. The maximum atomic E-state index is 13.5. The van der Waals surface area contributed by atoms with Crippen LogP contribution in [0.2, 0.25) is 0 Å². The summed E-state index contributed by atoms with van der Waals surface area (Å²) in [7, 11) is 1.33. The summed E-state index contributed by atoms with van der Waals surface area (Å²) < 4.78 is 31.4. The summed E-state index contributed by atoms with van der Waals surface area (Å²) in [6, 6.07) is 9.19. The molecule has 0 fully saturated rings. The lowest BCUT2D eigenvalue weighted by molar-refractivity contribution is 0.0600. The van der Waals surface area contributed by atoms with Crippen LogP contribution in [0.5, 0.6) is 0 Å². The third-order valence-corrected chi connectivity index (χ3v) is 3.81. The van der Waals surface area contributed by atoms with Crippen molar-refractivity contribution < 1.29 is 18.3 Å².